The Morgan fingerprint density at radius 3 is 2.26 bits per heavy atom. The van der Waals surface area contributed by atoms with Gasteiger partial charge in [0.1, 0.15) is 0 Å². The molecule has 0 spiro atoms. The molecule has 0 saturated carbocycles. The maximum Gasteiger partial charge on any atom is 0.296 e. The number of imidazole rings is 1. The first-order chi connectivity index (χ1) is 20.3. The lowest BCUT2D eigenvalue weighted by Crippen LogP contribution is -2.39. The van der Waals surface area contributed by atoms with Crippen molar-refractivity contribution in [3.8, 4) is 17.1 Å². The molecule has 1 aliphatic heterocycles. The minimum atomic E-state index is -2.81. The van der Waals surface area contributed by atoms with E-state index >= 15 is 0 Å². The lowest BCUT2D eigenvalue weighted by Gasteiger charge is -2.30. The third-order valence-corrected chi connectivity index (χ3v) is 7.42. The zero-order chi connectivity index (χ0) is 29.3. The molecule has 0 radical (unpaired) electrons. The molecule has 10 heteroatoms. The van der Waals surface area contributed by atoms with Crippen molar-refractivity contribution in [1.29, 1.82) is 0 Å². The van der Waals surface area contributed by atoms with Gasteiger partial charge in [-0.2, -0.15) is 15.0 Å². The maximum atomic E-state index is 14.2. The van der Waals surface area contributed by atoms with Crippen LogP contribution in [0.15, 0.2) is 72.8 Å². The molecule has 6 rings (SSSR count). The fourth-order valence-corrected chi connectivity index (χ4v) is 5.45. The van der Waals surface area contributed by atoms with Crippen LogP contribution in [0.4, 0.5) is 20.7 Å². The van der Waals surface area contributed by atoms with Crippen LogP contribution >= 0.6 is 0 Å². The van der Waals surface area contributed by atoms with Crippen LogP contribution in [0.3, 0.4) is 0 Å². The predicted molar refractivity (Wildman–Crippen MR) is 160 cm³/mol. The first kappa shape index (κ1) is 27.7. The Morgan fingerprint density at radius 2 is 1.50 bits per heavy atom. The standard InChI is InChI=1S/C32H33F2N7O/c1-21-10-4-6-12-23(21)24-13-7-5-11-22(24)20-32(2,3)39-29-36-30(40-16-18-42-19-17-40)38-31(37-29)41-26-15-9-8-14-25(26)35-28(41)27(33)34/h4-15,27H,16-20H2,1-3H3,(H,36,37,38,39). The molecule has 2 aromatic heterocycles. The molecule has 3 heterocycles. The van der Waals surface area contributed by atoms with Crippen molar-refractivity contribution >= 4 is 22.9 Å². The van der Waals surface area contributed by atoms with Crippen LogP contribution in [-0.4, -0.2) is 56.3 Å². The number of nitrogens with one attached hydrogen (secondary N) is 1. The number of morpholine rings is 1. The van der Waals surface area contributed by atoms with Crippen LogP contribution in [-0.2, 0) is 11.2 Å². The van der Waals surface area contributed by atoms with Gasteiger partial charge in [0.15, 0.2) is 5.82 Å². The van der Waals surface area contributed by atoms with E-state index in [4.69, 9.17) is 9.72 Å². The Hall–Kier alpha value is -4.44. The van der Waals surface area contributed by atoms with Gasteiger partial charge in [-0.15, -0.1) is 0 Å². The van der Waals surface area contributed by atoms with Crippen molar-refractivity contribution in [2.24, 2.45) is 0 Å². The van der Waals surface area contributed by atoms with E-state index in [1.54, 1.807) is 24.3 Å². The van der Waals surface area contributed by atoms with Crippen molar-refractivity contribution in [3.63, 3.8) is 0 Å². The molecule has 216 valence electrons. The summed E-state index contributed by atoms with van der Waals surface area (Å²) in [5.41, 5.74) is 5.19. The minimum Gasteiger partial charge on any atom is -0.378 e. The highest BCUT2D eigenvalue weighted by Gasteiger charge is 2.27. The second kappa shape index (κ2) is 11.4. The van der Waals surface area contributed by atoms with Crippen molar-refractivity contribution in [3.05, 3.63) is 89.7 Å². The van der Waals surface area contributed by atoms with E-state index in [1.165, 1.54) is 26.8 Å². The van der Waals surface area contributed by atoms with Gasteiger partial charge in [-0.1, -0.05) is 60.7 Å². The summed E-state index contributed by atoms with van der Waals surface area (Å²) >= 11 is 0. The molecule has 42 heavy (non-hydrogen) atoms. The summed E-state index contributed by atoms with van der Waals surface area (Å²) in [5, 5.41) is 3.50. The van der Waals surface area contributed by atoms with Crippen LogP contribution < -0.4 is 10.2 Å². The van der Waals surface area contributed by atoms with Crippen molar-refractivity contribution in [2.75, 3.05) is 36.5 Å². The first-order valence-electron chi connectivity index (χ1n) is 14.1. The number of para-hydroxylation sites is 2. The molecule has 5 aromatic rings. The number of rotatable bonds is 8. The van der Waals surface area contributed by atoms with Gasteiger partial charge in [0.2, 0.25) is 17.8 Å². The van der Waals surface area contributed by atoms with Gasteiger partial charge in [-0.05, 0) is 61.6 Å². The van der Waals surface area contributed by atoms with Gasteiger partial charge in [-0.25, -0.2) is 13.8 Å². The van der Waals surface area contributed by atoms with Crippen LogP contribution in [0.2, 0.25) is 0 Å². The van der Waals surface area contributed by atoms with E-state index in [0.717, 1.165) is 0 Å². The number of anilines is 2. The summed E-state index contributed by atoms with van der Waals surface area (Å²) in [6, 6.07) is 23.7. The Labute approximate surface area is 243 Å². The SMILES string of the molecule is Cc1ccccc1-c1ccccc1CC(C)(C)Nc1nc(N2CCOCC2)nc(-n2c(C(F)F)nc3ccccc32)n1. The van der Waals surface area contributed by atoms with Gasteiger partial charge in [0, 0.05) is 18.6 Å². The van der Waals surface area contributed by atoms with Gasteiger partial charge < -0.3 is 15.0 Å². The highest BCUT2D eigenvalue weighted by molar-refractivity contribution is 5.77. The number of aromatic nitrogens is 5. The number of aryl methyl sites for hydroxylation is 1. The van der Waals surface area contributed by atoms with E-state index in [-0.39, 0.29) is 5.95 Å². The van der Waals surface area contributed by atoms with E-state index in [9.17, 15) is 8.78 Å². The second-order valence-corrected chi connectivity index (χ2v) is 11.1. The van der Waals surface area contributed by atoms with E-state index in [0.29, 0.717) is 55.7 Å². The maximum absolute atomic E-state index is 14.2. The summed E-state index contributed by atoms with van der Waals surface area (Å²) in [5.74, 6) is 0.388. The average Bonchev–Trinajstić information content (AvgIpc) is 3.38. The Balaban J connectivity index is 1.40. The molecule has 8 nitrogen and oxygen atoms in total. The lowest BCUT2D eigenvalue weighted by atomic mass is 9.88. The van der Waals surface area contributed by atoms with Crippen molar-refractivity contribution < 1.29 is 13.5 Å². The molecular formula is C32H33F2N7O. The van der Waals surface area contributed by atoms with E-state index < -0.39 is 17.8 Å². The number of halogens is 2. The second-order valence-electron chi connectivity index (χ2n) is 11.1. The number of benzene rings is 3. The zero-order valence-corrected chi connectivity index (χ0v) is 23.9. The Bertz CT molecular complexity index is 1710. The molecule has 1 N–H and O–H groups in total. The highest BCUT2D eigenvalue weighted by Crippen LogP contribution is 2.31. The fraction of sp³-hybridized carbons (Fsp3) is 0.312. The molecule has 3 aromatic carbocycles. The molecule has 0 aliphatic carbocycles. The molecule has 1 fully saturated rings. The molecule has 0 atom stereocenters. The Kier molecular flexibility index (Phi) is 7.55. The topological polar surface area (TPSA) is 81.0 Å². The fourth-order valence-electron chi connectivity index (χ4n) is 5.45. The van der Waals surface area contributed by atoms with E-state index in [1.807, 2.05) is 17.0 Å². The monoisotopic (exact) mass is 569 g/mol. The molecule has 1 aliphatic rings. The number of fused-ring (bicyclic) bond motifs is 1. The normalized spacial score (nSPS) is 14.1. The third kappa shape index (κ3) is 5.67. The van der Waals surface area contributed by atoms with Crippen molar-refractivity contribution in [2.45, 2.75) is 39.2 Å². The summed E-state index contributed by atoms with van der Waals surface area (Å²) < 4.78 is 35.3. The smallest absolute Gasteiger partial charge is 0.296 e. The quantitative estimate of drug-likeness (QED) is 0.232. The van der Waals surface area contributed by atoms with E-state index in [2.05, 4.69) is 77.4 Å². The number of nitrogens with zero attached hydrogens (tertiary/aromatic N) is 6. The van der Waals surface area contributed by atoms with Crippen LogP contribution in [0.5, 0.6) is 0 Å². The van der Waals surface area contributed by atoms with Crippen LogP contribution in [0.1, 0.15) is 37.2 Å². The molecule has 0 amide bonds. The minimum absolute atomic E-state index is 0.0918. The Morgan fingerprint density at radius 1 is 0.833 bits per heavy atom. The molecule has 0 unspecified atom stereocenters. The number of alkyl halides is 2. The number of hydrogen-bond donors (Lipinski definition) is 1. The largest absolute Gasteiger partial charge is 0.378 e. The van der Waals surface area contributed by atoms with Crippen molar-refractivity contribution in [1.82, 2.24) is 24.5 Å². The lowest BCUT2D eigenvalue weighted by molar-refractivity contribution is 0.122. The predicted octanol–water partition coefficient (Wildman–Crippen LogP) is 6.39. The third-order valence-electron chi connectivity index (χ3n) is 7.42. The van der Waals surface area contributed by atoms with Gasteiger partial charge >= 0.3 is 0 Å². The van der Waals surface area contributed by atoms with Gasteiger partial charge in [0.05, 0.1) is 24.2 Å². The first-order valence-corrected chi connectivity index (χ1v) is 14.1. The summed E-state index contributed by atoms with van der Waals surface area (Å²) in [4.78, 5) is 20.3. The highest BCUT2D eigenvalue weighted by atomic mass is 19.3. The van der Waals surface area contributed by atoms with Gasteiger partial charge in [-0.3, -0.25) is 4.57 Å². The molecular weight excluding hydrogens is 536 g/mol. The summed E-state index contributed by atoms with van der Waals surface area (Å²) in [6.07, 6.45) is -2.14. The van der Waals surface area contributed by atoms with Crippen LogP contribution in [0.25, 0.3) is 28.1 Å². The number of hydrogen-bond acceptors (Lipinski definition) is 7. The summed E-state index contributed by atoms with van der Waals surface area (Å²) in [7, 11) is 0. The molecule has 0 bridgehead atoms. The zero-order valence-electron chi connectivity index (χ0n) is 23.9. The summed E-state index contributed by atoms with van der Waals surface area (Å²) in [6.45, 7) is 8.50. The average molecular weight is 570 g/mol. The molecule has 1 saturated heterocycles. The number of ether oxygens (including phenoxy) is 1. The van der Waals surface area contributed by atoms with Gasteiger partial charge in [0.25, 0.3) is 6.43 Å². The van der Waals surface area contributed by atoms with Crippen LogP contribution in [0, 0.1) is 6.92 Å².